The number of hydrogen-bond acceptors (Lipinski definition) is 4. The number of aromatic hydroxyl groups is 2. The Morgan fingerprint density at radius 2 is 0.865 bits per heavy atom. The number of hydrogen-bond donors (Lipinski definition) is 2. The molecule has 5 nitrogen and oxygen atoms in total. The highest BCUT2D eigenvalue weighted by molar-refractivity contribution is 5.51. The SMILES string of the molecule is CC(C)(C)c1cc(CC(Cc2cc(C(C)(C)C)c(O)c(C(C)(C)C)c2)C[N+](=O)[O-])cc(C(C)(C)C)c1O. The van der Waals surface area contributed by atoms with E-state index in [0.717, 1.165) is 33.4 Å². The van der Waals surface area contributed by atoms with Crippen LogP contribution in [-0.4, -0.2) is 21.7 Å². The summed E-state index contributed by atoms with van der Waals surface area (Å²) in [7, 11) is 0. The zero-order valence-electron chi connectivity index (χ0n) is 25.2. The van der Waals surface area contributed by atoms with Crippen LogP contribution in [0.3, 0.4) is 0 Å². The van der Waals surface area contributed by atoms with Gasteiger partial charge in [0, 0.05) is 10.8 Å². The van der Waals surface area contributed by atoms with Crippen LogP contribution in [0.2, 0.25) is 0 Å². The molecule has 0 saturated heterocycles. The summed E-state index contributed by atoms with van der Waals surface area (Å²) < 4.78 is 0. The number of phenolic OH excluding ortho intramolecular Hbond substituents is 2. The van der Waals surface area contributed by atoms with Gasteiger partial charge < -0.3 is 10.2 Å². The Bertz CT molecular complexity index is 982. The maximum atomic E-state index is 11.7. The summed E-state index contributed by atoms with van der Waals surface area (Å²) in [5.41, 5.74) is 4.41. The van der Waals surface area contributed by atoms with Crippen LogP contribution in [0.5, 0.6) is 11.5 Å². The van der Waals surface area contributed by atoms with E-state index in [1.54, 1.807) is 0 Å². The highest BCUT2D eigenvalue weighted by atomic mass is 16.6. The molecule has 206 valence electrons. The predicted molar refractivity (Wildman–Crippen MR) is 154 cm³/mol. The molecule has 0 heterocycles. The summed E-state index contributed by atoms with van der Waals surface area (Å²) in [6.45, 7) is 24.8. The van der Waals surface area contributed by atoms with Crippen molar-refractivity contribution in [2.24, 2.45) is 5.92 Å². The second kappa shape index (κ2) is 10.3. The molecule has 0 bridgehead atoms. The average molecular weight is 512 g/mol. The van der Waals surface area contributed by atoms with Crippen LogP contribution in [-0.2, 0) is 34.5 Å². The Kier molecular flexibility index (Phi) is 8.54. The van der Waals surface area contributed by atoms with Gasteiger partial charge in [-0.3, -0.25) is 10.1 Å². The third-order valence-electron chi connectivity index (χ3n) is 7.03. The first-order valence-electron chi connectivity index (χ1n) is 13.4. The monoisotopic (exact) mass is 511 g/mol. The van der Waals surface area contributed by atoms with E-state index in [4.69, 9.17) is 0 Å². The van der Waals surface area contributed by atoms with E-state index in [1.165, 1.54) is 0 Å². The molecule has 5 heteroatoms. The molecule has 0 aromatic heterocycles. The molecule has 0 radical (unpaired) electrons. The molecule has 0 aliphatic rings. The molecule has 0 amide bonds. The van der Waals surface area contributed by atoms with Crippen LogP contribution in [0, 0.1) is 16.0 Å². The zero-order chi connectivity index (χ0) is 28.7. The van der Waals surface area contributed by atoms with Gasteiger partial charge in [-0.25, -0.2) is 0 Å². The van der Waals surface area contributed by atoms with Crippen molar-refractivity contribution in [3.63, 3.8) is 0 Å². The summed E-state index contributed by atoms with van der Waals surface area (Å²) in [5.74, 6) is 0.404. The largest absolute Gasteiger partial charge is 0.507 e. The van der Waals surface area contributed by atoms with E-state index >= 15 is 0 Å². The smallest absolute Gasteiger partial charge is 0.207 e. The second-order valence-electron chi connectivity index (χ2n) is 14.9. The summed E-state index contributed by atoms with van der Waals surface area (Å²) in [6.07, 6.45) is 1.06. The lowest BCUT2D eigenvalue weighted by Crippen LogP contribution is -2.23. The molecular weight excluding hydrogens is 462 g/mol. The fourth-order valence-electron chi connectivity index (χ4n) is 4.99. The number of nitrogens with zero attached hydrogens (tertiary/aromatic N) is 1. The molecule has 0 unspecified atom stereocenters. The van der Waals surface area contributed by atoms with Crippen molar-refractivity contribution in [3.05, 3.63) is 67.8 Å². The molecule has 0 saturated carbocycles. The molecule has 0 spiro atoms. The van der Waals surface area contributed by atoms with E-state index < -0.39 is 0 Å². The van der Waals surface area contributed by atoms with Gasteiger partial charge in [-0.1, -0.05) is 107 Å². The lowest BCUT2D eigenvalue weighted by molar-refractivity contribution is -0.488. The minimum atomic E-state index is -0.265. The maximum Gasteiger partial charge on any atom is 0.207 e. The van der Waals surface area contributed by atoms with Crippen LogP contribution < -0.4 is 0 Å². The van der Waals surface area contributed by atoms with Crippen LogP contribution in [0.15, 0.2) is 24.3 Å². The second-order valence-corrected chi connectivity index (χ2v) is 14.9. The van der Waals surface area contributed by atoms with Crippen molar-refractivity contribution in [2.45, 2.75) is 118 Å². The van der Waals surface area contributed by atoms with Crippen molar-refractivity contribution in [3.8, 4) is 11.5 Å². The van der Waals surface area contributed by atoms with Crippen molar-refractivity contribution >= 4 is 0 Å². The maximum absolute atomic E-state index is 11.7. The molecule has 2 rings (SSSR count). The first-order valence-corrected chi connectivity index (χ1v) is 13.4. The predicted octanol–water partition coefficient (Wildman–Crippen LogP) is 7.97. The lowest BCUT2D eigenvalue weighted by Gasteiger charge is -2.29. The Morgan fingerprint density at radius 3 is 1.05 bits per heavy atom. The van der Waals surface area contributed by atoms with Crippen LogP contribution >= 0.6 is 0 Å². The van der Waals surface area contributed by atoms with Crippen LogP contribution in [0.1, 0.15) is 116 Å². The first-order chi connectivity index (χ1) is 16.5. The van der Waals surface area contributed by atoms with Gasteiger partial charge in [0.2, 0.25) is 6.54 Å². The molecule has 2 N–H and O–H groups in total. The summed E-state index contributed by atoms with van der Waals surface area (Å²) in [6, 6.07) is 8.09. The van der Waals surface area contributed by atoms with Gasteiger partial charge in [0.1, 0.15) is 11.5 Å². The Balaban J connectivity index is 2.63. The number of rotatable bonds is 6. The minimum Gasteiger partial charge on any atom is -0.507 e. The van der Waals surface area contributed by atoms with Crippen LogP contribution in [0.25, 0.3) is 0 Å². The molecule has 0 aliphatic heterocycles. The quantitative estimate of drug-likeness (QED) is 0.304. The fraction of sp³-hybridized carbons (Fsp3) is 0.625. The third-order valence-corrected chi connectivity index (χ3v) is 7.03. The van der Waals surface area contributed by atoms with Gasteiger partial charge in [-0.15, -0.1) is 0 Å². The number of phenols is 2. The summed E-state index contributed by atoms with van der Waals surface area (Å²) >= 11 is 0. The Morgan fingerprint density at radius 1 is 0.622 bits per heavy atom. The van der Waals surface area contributed by atoms with Crippen molar-refractivity contribution in [1.82, 2.24) is 0 Å². The van der Waals surface area contributed by atoms with E-state index in [1.807, 2.05) is 24.3 Å². The summed E-state index contributed by atoms with van der Waals surface area (Å²) in [5, 5.41) is 33.9. The topological polar surface area (TPSA) is 83.6 Å². The normalized spacial score (nSPS) is 13.3. The van der Waals surface area contributed by atoms with Gasteiger partial charge in [0.25, 0.3) is 0 Å². The molecule has 0 aliphatic carbocycles. The third kappa shape index (κ3) is 7.72. The first kappa shape index (κ1) is 30.7. The van der Waals surface area contributed by atoms with Gasteiger partial charge in [-0.2, -0.15) is 0 Å². The number of nitro groups is 1. The molecule has 0 atom stereocenters. The number of benzene rings is 2. The molecular formula is C32H49NO4. The Hall–Kier alpha value is -2.56. The van der Waals surface area contributed by atoms with E-state index in [0.29, 0.717) is 24.3 Å². The van der Waals surface area contributed by atoms with E-state index in [9.17, 15) is 20.3 Å². The van der Waals surface area contributed by atoms with E-state index in [2.05, 4.69) is 83.1 Å². The van der Waals surface area contributed by atoms with Gasteiger partial charge >= 0.3 is 0 Å². The van der Waals surface area contributed by atoms with Crippen molar-refractivity contribution < 1.29 is 15.1 Å². The molecule has 2 aromatic carbocycles. The summed E-state index contributed by atoms with van der Waals surface area (Å²) in [4.78, 5) is 11.5. The van der Waals surface area contributed by atoms with Crippen molar-refractivity contribution in [2.75, 3.05) is 6.54 Å². The Labute approximate surface area is 224 Å². The van der Waals surface area contributed by atoms with Crippen LogP contribution in [0.4, 0.5) is 0 Å². The van der Waals surface area contributed by atoms with Gasteiger partial charge in [-0.05, 0) is 67.9 Å². The fourth-order valence-corrected chi connectivity index (χ4v) is 4.99. The van der Waals surface area contributed by atoms with Gasteiger partial charge in [0.05, 0.1) is 0 Å². The molecule has 0 fully saturated rings. The highest BCUT2D eigenvalue weighted by Gasteiger charge is 2.30. The van der Waals surface area contributed by atoms with Gasteiger partial charge in [0.15, 0.2) is 0 Å². The standard InChI is InChI=1S/C32H49NO4/c1-29(2,3)23-15-20(16-24(27(23)34)30(4,5)6)13-22(19-33(36)37)14-21-17-25(31(7,8)9)28(35)26(18-21)32(10,11)12/h15-18,22,34-35H,13-14,19H2,1-12H3. The average Bonchev–Trinajstić information content (AvgIpc) is 2.66. The lowest BCUT2D eigenvalue weighted by atomic mass is 9.76. The van der Waals surface area contributed by atoms with E-state index in [-0.39, 0.29) is 39.0 Å². The molecule has 37 heavy (non-hydrogen) atoms. The minimum absolute atomic E-state index is 0.146. The molecule has 2 aromatic rings. The van der Waals surface area contributed by atoms with Crippen molar-refractivity contribution in [1.29, 1.82) is 0 Å². The highest BCUT2D eigenvalue weighted by Crippen LogP contribution is 2.42. The zero-order valence-corrected chi connectivity index (χ0v) is 25.2.